The van der Waals surface area contributed by atoms with Crippen LogP contribution in [-0.4, -0.2) is 11.1 Å². The predicted octanol–water partition coefficient (Wildman–Crippen LogP) is 2.51. The number of carbonyl (C=O) groups excluding carboxylic acids is 1. The molecule has 14 heavy (non-hydrogen) atoms. The Morgan fingerprint density at radius 3 is 2.93 bits per heavy atom. The van der Waals surface area contributed by atoms with Gasteiger partial charge in [-0.3, -0.25) is 0 Å². The van der Waals surface area contributed by atoms with Crippen LogP contribution in [0.1, 0.15) is 0 Å². The monoisotopic (exact) mass is 205 g/mol. The average molecular weight is 205 g/mol. The van der Waals surface area contributed by atoms with Crippen molar-refractivity contribution in [2.24, 2.45) is 4.99 Å². The molecule has 0 amide bonds. The first-order valence-electron chi connectivity index (χ1n) is 3.79. The summed E-state index contributed by atoms with van der Waals surface area (Å²) in [6.45, 7) is 3.29. The number of para-hydroxylation sites is 2. The summed E-state index contributed by atoms with van der Waals surface area (Å²) in [7, 11) is 0. The molecule has 0 radical (unpaired) electrons. The van der Waals surface area contributed by atoms with E-state index in [-0.39, 0.29) is 0 Å². The van der Waals surface area contributed by atoms with Gasteiger partial charge in [0.25, 0.3) is 0 Å². The Balaban J connectivity index is 3.00. The number of nitrogens with zero attached hydrogens (tertiary/aromatic N) is 1. The highest BCUT2D eigenvalue weighted by atomic mass is 32.1. The minimum atomic E-state index is -0.531. The van der Waals surface area contributed by atoms with Crippen LogP contribution >= 0.6 is 12.2 Å². The summed E-state index contributed by atoms with van der Waals surface area (Å²) in [5, 5.41) is 2.21. The van der Waals surface area contributed by atoms with Crippen molar-refractivity contribution < 1.29 is 9.53 Å². The summed E-state index contributed by atoms with van der Waals surface area (Å²) in [5.74, 6) is -0.188. The van der Waals surface area contributed by atoms with E-state index in [1.165, 1.54) is 0 Å². The largest absolute Gasteiger partial charge is 0.421 e. The van der Waals surface area contributed by atoms with Gasteiger partial charge in [0.1, 0.15) is 5.69 Å². The molecule has 0 bridgehead atoms. The van der Waals surface area contributed by atoms with Gasteiger partial charge in [-0.1, -0.05) is 18.7 Å². The second-order valence-electron chi connectivity index (χ2n) is 2.30. The first-order valence-corrected chi connectivity index (χ1v) is 4.20. The van der Waals surface area contributed by atoms with Crippen molar-refractivity contribution in [1.29, 1.82) is 0 Å². The topological polar surface area (TPSA) is 38.7 Å². The molecule has 0 spiro atoms. The molecule has 0 N–H and O–H groups in total. The number of carbonyl (C=O) groups is 1. The lowest BCUT2D eigenvalue weighted by atomic mass is 10.3. The second-order valence-corrected chi connectivity index (χ2v) is 2.48. The number of thiocarbonyl (C=S) groups is 1. The van der Waals surface area contributed by atoms with Crippen LogP contribution < -0.4 is 4.74 Å². The summed E-state index contributed by atoms with van der Waals surface area (Å²) in [4.78, 5) is 14.7. The zero-order chi connectivity index (χ0) is 10.4. The fourth-order valence-electron chi connectivity index (χ4n) is 0.835. The smallest absolute Gasteiger partial charge is 0.335 e. The molecule has 0 saturated carbocycles. The average Bonchev–Trinajstić information content (AvgIpc) is 2.21. The molecule has 0 fully saturated rings. The lowest BCUT2D eigenvalue weighted by Crippen LogP contribution is -2.02. The van der Waals surface area contributed by atoms with Crippen LogP contribution in [0.2, 0.25) is 0 Å². The summed E-state index contributed by atoms with van der Waals surface area (Å²) in [6.07, 6.45) is 1.08. The van der Waals surface area contributed by atoms with Crippen LogP contribution in [0.4, 0.5) is 5.69 Å². The number of esters is 1. The van der Waals surface area contributed by atoms with Crippen molar-refractivity contribution in [3.05, 3.63) is 36.9 Å². The molecule has 3 nitrogen and oxygen atoms in total. The Hall–Kier alpha value is -1.77. The third-order valence-electron chi connectivity index (χ3n) is 1.41. The zero-order valence-corrected chi connectivity index (χ0v) is 8.08. The molecule has 0 heterocycles. The quantitative estimate of drug-likeness (QED) is 0.250. The number of hydrogen-bond acceptors (Lipinski definition) is 4. The molecular formula is C10H7NO2S. The number of rotatable bonds is 3. The first-order chi connectivity index (χ1) is 6.77. The molecule has 1 rings (SSSR count). The second kappa shape index (κ2) is 5.07. The molecule has 0 aliphatic rings. The van der Waals surface area contributed by atoms with E-state index in [0.717, 1.165) is 6.08 Å². The van der Waals surface area contributed by atoms with Crippen molar-refractivity contribution in [2.45, 2.75) is 0 Å². The van der Waals surface area contributed by atoms with E-state index < -0.39 is 5.97 Å². The first kappa shape index (κ1) is 10.3. The molecule has 0 atom stereocenters. The number of hydrogen-bond donors (Lipinski definition) is 0. The Morgan fingerprint density at radius 2 is 2.29 bits per heavy atom. The maximum Gasteiger partial charge on any atom is 0.335 e. The fraction of sp³-hybridized carbons (Fsp3) is 0. The van der Waals surface area contributed by atoms with Crippen LogP contribution in [0.25, 0.3) is 0 Å². The minimum absolute atomic E-state index is 0.342. The van der Waals surface area contributed by atoms with Crippen LogP contribution in [-0.2, 0) is 4.79 Å². The lowest BCUT2D eigenvalue weighted by molar-refractivity contribution is -0.128. The molecule has 70 valence electrons. The summed E-state index contributed by atoms with van der Waals surface area (Å²) in [5.41, 5.74) is 0.470. The maximum atomic E-state index is 10.9. The van der Waals surface area contributed by atoms with E-state index in [9.17, 15) is 4.79 Å². The number of benzene rings is 1. The summed E-state index contributed by atoms with van der Waals surface area (Å²) >= 11 is 4.46. The van der Waals surface area contributed by atoms with Crippen LogP contribution in [0, 0.1) is 0 Å². The Labute approximate surface area is 86.7 Å². The van der Waals surface area contributed by atoms with Gasteiger partial charge >= 0.3 is 5.97 Å². The van der Waals surface area contributed by atoms with E-state index >= 15 is 0 Å². The Kier molecular flexibility index (Phi) is 3.73. The number of isothiocyanates is 1. The van der Waals surface area contributed by atoms with Gasteiger partial charge in [-0.25, -0.2) is 4.79 Å². The molecule has 1 aromatic rings. The molecule has 0 saturated heterocycles. The highest BCUT2D eigenvalue weighted by Gasteiger charge is 2.04. The fourth-order valence-corrected chi connectivity index (χ4v) is 0.933. The van der Waals surface area contributed by atoms with E-state index in [0.29, 0.717) is 11.4 Å². The van der Waals surface area contributed by atoms with Gasteiger partial charge in [-0.05, 0) is 24.4 Å². The third kappa shape index (κ3) is 2.62. The Morgan fingerprint density at radius 1 is 1.57 bits per heavy atom. The van der Waals surface area contributed by atoms with Gasteiger partial charge in [0, 0.05) is 6.08 Å². The van der Waals surface area contributed by atoms with Gasteiger partial charge in [0.05, 0.1) is 5.16 Å². The maximum absolute atomic E-state index is 10.9. The highest BCUT2D eigenvalue weighted by molar-refractivity contribution is 7.78. The van der Waals surface area contributed by atoms with E-state index in [2.05, 4.69) is 29.0 Å². The van der Waals surface area contributed by atoms with E-state index in [1.54, 1.807) is 24.3 Å². The lowest BCUT2D eigenvalue weighted by Gasteiger charge is -2.02. The molecule has 0 aliphatic heterocycles. The van der Waals surface area contributed by atoms with Gasteiger partial charge in [-0.2, -0.15) is 4.99 Å². The summed E-state index contributed by atoms with van der Waals surface area (Å²) < 4.78 is 4.91. The van der Waals surface area contributed by atoms with Crippen LogP contribution in [0.5, 0.6) is 5.75 Å². The summed E-state index contributed by atoms with van der Waals surface area (Å²) in [6, 6.07) is 6.78. The number of ether oxygens (including phenoxy) is 1. The minimum Gasteiger partial charge on any atom is -0.421 e. The van der Waals surface area contributed by atoms with Crippen molar-refractivity contribution in [1.82, 2.24) is 0 Å². The van der Waals surface area contributed by atoms with Gasteiger partial charge in [-0.15, -0.1) is 0 Å². The van der Waals surface area contributed by atoms with Gasteiger partial charge in [0.15, 0.2) is 5.75 Å². The molecule has 0 unspecified atom stereocenters. The third-order valence-corrected chi connectivity index (χ3v) is 1.50. The highest BCUT2D eigenvalue weighted by Crippen LogP contribution is 2.26. The molecule has 4 heteroatoms. The molecule has 0 aliphatic carbocycles. The van der Waals surface area contributed by atoms with Crippen LogP contribution in [0.15, 0.2) is 41.9 Å². The molecular weight excluding hydrogens is 198 g/mol. The molecule has 0 aromatic heterocycles. The standard InChI is InChI=1S/C10H7NO2S/c1-2-10(12)13-9-6-4-3-5-8(9)11-7-14/h2-6H,1H2. The van der Waals surface area contributed by atoms with E-state index in [4.69, 9.17) is 4.74 Å². The number of aliphatic imine (C=N–C) groups is 1. The van der Waals surface area contributed by atoms with Crippen molar-refractivity contribution in [3.63, 3.8) is 0 Å². The van der Waals surface area contributed by atoms with Gasteiger partial charge in [0.2, 0.25) is 0 Å². The van der Waals surface area contributed by atoms with Crippen molar-refractivity contribution in [3.8, 4) is 5.75 Å². The van der Waals surface area contributed by atoms with E-state index in [1.807, 2.05) is 0 Å². The van der Waals surface area contributed by atoms with Crippen molar-refractivity contribution >= 4 is 29.0 Å². The normalized spacial score (nSPS) is 8.57. The Bertz CT molecular complexity index is 408. The van der Waals surface area contributed by atoms with Crippen molar-refractivity contribution in [2.75, 3.05) is 0 Å². The van der Waals surface area contributed by atoms with Crippen LogP contribution in [0.3, 0.4) is 0 Å². The SMILES string of the molecule is C=CC(=O)Oc1ccccc1N=C=S. The predicted molar refractivity (Wildman–Crippen MR) is 57.0 cm³/mol. The molecule has 1 aromatic carbocycles. The van der Waals surface area contributed by atoms with Gasteiger partial charge < -0.3 is 4.74 Å². The zero-order valence-electron chi connectivity index (χ0n) is 7.27.